The van der Waals surface area contributed by atoms with Gasteiger partial charge in [-0.25, -0.2) is 10.3 Å². The second-order valence-electron chi connectivity index (χ2n) is 3.95. The van der Waals surface area contributed by atoms with Crippen LogP contribution in [0.3, 0.4) is 0 Å². The van der Waals surface area contributed by atoms with Gasteiger partial charge in [0, 0.05) is 12.0 Å². The molecular weight excluding hydrogens is 200 g/mol. The Morgan fingerprint density at radius 3 is 2.53 bits per heavy atom. The van der Waals surface area contributed by atoms with E-state index in [9.17, 15) is 9.59 Å². The van der Waals surface area contributed by atoms with E-state index in [2.05, 4.69) is 10.3 Å². The van der Waals surface area contributed by atoms with Gasteiger partial charge in [-0.15, -0.1) is 0 Å². The van der Waals surface area contributed by atoms with Crippen LogP contribution in [0.4, 0.5) is 0 Å². The Morgan fingerprint density at radius 2 is 2.00 bits per heavy atom. The van der Waals surface area contributed by atoms with Gasteiger partial charge in [0.15, 0.2) is 6.61 Å². The molecule has 86 valence electrons. The predicted octanol–water partition coefficient (Wildman–Crippen LogP) is -0.220. The molecule has 6 heteroatoms. The molecule has 0 bridgehead atoms. The molecule has 0 aromatic heterocycles. The topological polar surface area (TPSA) is 102 Å². The van der Waals surface area contributed by atoms with Crippen LogP contribution in [0, 0.1) is 0 Å². The number of hydrogen-bond donors (Lipinski definition) is 3. The van der Waals surface area contributed by atoms with Crippen molar-refractivity contribution >= 4 is 11.9 Å². The number of carboxylic acid groups (broad SMARTS) is 1. The zero-order valence-electron chi connectivity index (χ0n) is 8.49. The van der Waals surface area contributed by atoms with Crippen molar-refractivity contribution in [2.75, 3.05) is 6.61 Å². The lowest BCUT2D eigenvalue weighted by molar-refractivity contribution is -0.149. The van der Waals surface area contributed by atoms with Crippen LogP contribution in [0.2, 0.25) is 0 Å². The van der Waals surface area contributed by atoms with Crippen LogP contribution in [-0.4, -0.2) is 29.1 Å². The van der Waals surface area contributed by atoms with E-state index in [4.69, 9.17) is 10.8 Å². The number of hydrogen-bond acceptors (Lipinski definition) is 4. The van der Waals surface area contributed by atoms with Gasteiger partial charge >= 0.3 is 5.97 Å². The maximum atomic E-state index is 11.3. The Bertz CT molecular complexity index is 248. The number of carboxylic acids is 1. The minimum atomic E-state index is -1.13. The summed E-state index contributed by atoms with van der Waals surface area (Å²) in [5.41, 5.74) is 7.59. The number of carbonyl (C=O) groups excluding carboxylic acids is 1. The fourth-order valence-corrected chi connectivity index (χ4v) is 1.79. The van der Waals surface area contributed by atoms with Crippen molar-refractivity contribution in [1.82, 2.24) is 5.48 Å². The SMILES string of the molecule is NC1(CC(=O)NOCC(=O)O)CCCC1. The molecule has 15 heavy (non-hydrogen) atoms. The van der Waals surface area contributed by atoms with E-state index in [0.29, 0.717) is 0 Å². The van der Waals surface area contributed by atoms with Crippen LogP contribution in [0.15, 0.2) is 0 Å². The second-order valence-corrected chi connectivity index (χ2v) is 3.95. The van der Waals surface area contributed by atoms with Crippen LogP contribution in [0.25, 0.3) is 0 Å². The molecule has 0 heterocycles. The molecule has 4 N–H and O–H groups in total. The van der Waals surface area contributed by atoms with Crippen LogP contribution in [0.1, 0.15) is 32.1 Å². The molecule has 0 unspecified atom stereocenters. The van der Waals surface area contributed by atoms with E-state index >= 15 is 0 Å². The number of aliphatic carboxylic acids is 1. The van der Waals surface area contributed by atoms with Crippen LogP contribution < -0.4 is 11.2 Å². The van der Waals surface area contributed by atoms with Gasteiger partial charge in [-0.1, -0.05) is 12.8 Å². The molecule has 1 aliphatic carbocycles. The van der Waals surface area contributed by atoms with Crippen molar-refractivity contribution in [2.45, 2.75) is 37.6 Å². The van der Waals surface area contributed by atoms with Gasteiger partial charge in [0.2, 0.25) is 5.91 Å². The summed E-state index contributed by atoms with van der Waals surface area (Å²) in [5.74, 6) is -1.49. The van der Waals surface area contributed by atoms with Gasteiger partial charge in [-0.05, 0) is 12.8 Å². The minimum absolute atomic E-state index is 0.187. The molecule has 0 saturated heterocycles. The molecule has 0 aromatic rings. The van der Waals surface area contributed by atoms with Gasteiger partial charge in [0.05, 0.1) is 0 Å². The van der Waals surface area contributed by atoms with Crippen molar-refractivity contribution < 1.29 is 19.5 Å². The minimum Gasteiger partial charge on any atom is -0.479 e. The van der Waals surface area contributed by atoms with Crippen molar-refractivity contribution in [1.29, 1.82) is 0 Å². The Balaban J connectivity index is 2.20. The first-order chi connectivity index (χ1) is 7.02. The van der Waals surface area contributed by atoms with Gasteiger partial charge in [-0.2, -0.15) is 0 Å². The van der Waals surface area contributed by atoms with Crippen LogP contribution in [-0.2, 0) is 14.4 Å². The highest BCUT2D eigenvalue weighted by Gasteiger charge is 2.31. The second kappa shape index (κ2) is 5.09. The first-order valence-corrected chi connectivity index (χ1v) is 4.93. The van der Waals surface area contributed by atoms with E-state index in [1.807, 2.05) is 0 Å². The van der Waals surface area contributed by atoms with Crippen molar-refractivity contribution in [2.24, 2.45) is 5.73 Å². The molecule has 1 rings (SSSR count). The Labute approximate surface area is 87.7 Å². The maximum absolute atomic E-state index is 11.3. The number of hydroxylamine groups is 1. The Morgan fingerprint density at radius 1 is 1.40 bits per heavy atom. The molecule has 0 radical (unpaired) electrons. The summed E-state index contributed by atoms with van der Waals surface area (Å²) < 4.78 is 0. The molecule has 1 saturated carbocycles. The number of rotatable bonds is 5. The summed E-state index contributed by atoms with van der Waals surface area (Å²) in [7, 11) is 0. The van der Waals surface area contributed by atoms with Crippen molar-refractivity contribution in [3.05, 3.63) is 0 Å². The fraction of sp³-hybridized carbons (Fsp3) is 0.778. The highest BCUT2D eigenvalue weighted by Crippen LogP contribution is 2.29. The van der Waals surface area contributed by atoms with E-state index in [1.54, 1.807) is 0 Å². The molecule has 1 fully saturated rings. The lowest BCUT2D eigenvalue weighted by atomic mass is 9.95. The maximum Gasteiger partial charge on any atom is 0.332 e. The molecule has 0 aromatic carbocycles. The van der Waals surface area contributed by atoms with Gasteiger partial charge in [-0.3, -0.25) is 9.63 Å². The average Bonchev–Trinajstić information content (AvgIpc) is 2.50. The number of nitrogens with two attached hydrogens (primary N) is 1. The third-order valence-electron chi connectivity index (χ3n) is 2.49. The van der Waals surface area contributed by atoms with Gasteiger partial charge < -0.3 is 10.8 Å². The zero-order valence-corrected chi connectivity index (χ0v) is 8.49. The highest BCUT2D eigenvalue weighted by molar-refractivity contribution is 5.76. The number of carbonyl (C=O) groups is 2. The molecule has 0 spiro atoms. The molecule has 0 atom stereocenters. The van der Waals surface area contributed by atoms with E-state index in [1.165, 1.54) is 0 Å². The first-order valence-electron chi connectivity index (χ1n) is 4.93. The smallest absolute Gasteiger partial charge is 0.332 e. The van der Waals surface area contributed by atoms with E-state index in [0.717, 1.165) is 25.7 Å². The monoisotopic (exact) mass is 216 g/mol. The Kier molecular flexibility index (Phi) is 4.05. The lowest BCUT2D eigenvalue weighted by Crippen LogP contribution is -2.42. The van der Waals surface area contributed by atoms with Gasteiger partial charge in [0.1, 0.15) is 0 Å². The highest BCUT2D eigenvalue weighted by atomic mass is 16.7. The standard InChI is InChI=1S/C9H16N2O4/c10-9(3-1-2-4-9)5-7(12)11-15-6-8(13)14/h1-6,10H2,(H,11,12)(H,13,14). The van der Waals surface area contributed by atoms with E-state index in [-0.39, 0.29) is 12.3 Å². The van der Waals surface area contributed by atoms with Crippen molar-refractivity contribution in [3.8, 4) is 0 Å². The molecule has 1 amide bonds. The number of nitrogens with one attached hydrogen (secondary N) is 1. The third-order valence-corrected chi connectivity index (χ3v) is 2.49. The fourth-order valence-electron chi connectivity index (χ4n) is 1.79. The average molecular weight is 216 g/mol. The summed E-state index contributed by atoms with van der Waals surface area (Å²) in [6, 6.07) is 0. The summed E-state index contributed by atoms with van der Waals surface area (Å²) in [4.78, 5) is 25.8. The normalized spacial score (nSPS) is 18.7. The first kappa shape index (κ1) is 11.9. The molecule has 0 aliphatic heterocycles. The molecular formula is C9H16N2O4. The van der Waals surface area contributed by atoms with Crippen LogP contribution >= 0.6 is 0 Å². The van der Waals surface area contributed by atoms with Crippen molar-refractivity contribution in [3.63, 3.8) is 0 Å². The number of amides is 1. The Hall–Kier alpha value is -1.14. The lowest BCUT2D eigenvalue weighted by Gasteiger charge is -2.22. The summed E-state index contributed by atoms with van der Waals surface area (Å²) in [6.45, 7) is -0.538. The predicted molar refractivity (Wildman–Crippen MR) is 51.7 cm³/mol. The summed E-state index contributed by atoms with van der Waals surface area (Å²) in [6.07, 6.45) is 3.94. The third kappa shape index (κ3) is 4.26. The van der Waals surface area contributed by atoms with Gasteiger partial charge in [0.25, 0.3) is 0 Å². The summed E-state index contributed by atoms with van der Waals surface area (Å²) >= 11 is 0. The summed E-state index contributed by atoms with van der Waals surface area (Å²) in [5, 5.41) is 8.26. The largest absolute Gasteiger partial charge is 0.479 e. The zero-order chi connectivity index (χ0) is 11.3. The quantitative estimate of drug-likeness (QED) is 0.551. The van der Waals surface area contributed by atoms with E-state index < -0.39 is 18.1 Å². The van der Waals surface area contributed by atoms with Crippen LogP contribution in [0.5, 0.6) is 0 Å². The molecule has 6 nitrogen and oxygen atoms in total. The molecule has 1 aliphatic rings.